The van der Waals surface area contributed by atoms with Crippen LogP contribution in [0.25, 0.3) is 17.0 Å². The number of aromatic nitrogens is 3. The molecule has 0 fully saturated rings. The smallest absolute Gasteiger partial charge is 0.356 e. The van der Waals surface area contributed by atoms with Gasteiger partial charge in [-0.1, -0.05) is 11.6 Å². The molecule has 0 bridgehead atoms. The normalized spacial score (nSPS) is 10.8. The van der Waals surface area contributed by atoms with Crippen LogP contribution in [0.2, 0.25) is 0 Å². The average Bonchev–Trinajstić information content (AvgIpc) is 2.91. The van der Waals surface area contributed by atoms with Gasteiger partial charge in [0.15, 0.2) is 5.69 Å². The van der Waals surface area contributed by atoms with Crippen molar-refractivity contribution in [1.82, 2.24) is 14.4 Å². The van der Waals surface area contributed by atoms with E-state index in [0.717, 1.165) is 16.8 Å². The van der Waals surface area contributed by atoms with Crippen LogP contribution in [0.15, 0.2) is 36.7 Å². The van der Waals surface area contributed by atoms with Crippen molar-refractivity contribution in [3.8, 4) is 17.0 Å². The highest BCUT2D eigenvalue weighted by Gasteiger charge is 2.14. The zero-order valence-electron chi connectivity index (χ0n) is 11.6. The summed E-state index contributed by atoms with van der Waals surface area (Å²) in [5.74, 6) is -0.0326. The fourth-order valence-electron chi connectivity index (χ4n) is 2.24. The Bertz CT molecular complexity index is 839. The molecule has 0 unspecified atom stereocenters. The van der Waals surface area contributed by atoms with Gasteiger partial charge in [0.2, 0.25) is 5.78 Å². The van der Waals surface area contributed by atoms with Crippen molar-refractivity contribution < 1.29 is 14.6 Å². The van der Waals surface area contributed by atoms with E-state index >= 15 is 0 Å². The molecule has 0 saturated carbocycles. The van der Waals surface area contributed by atoms with Gasteiger partial charge in [-0.3, -0.25) is 4.40 Å². The van der Waals surface area contributed by atoms with Crippen LogP contribution in [0.1, 0.15) is 16.1 Å². The van der Waals surface area contributed by atoms with Gasteiger partial charge in [0.05, 0.1) is 12.8 Å². The van der Waals surface area contributed by atoms with Gasteiger partial charge >= 0.3 is 5.97 Å². The third-order valence-corrected chi connectivity index (χ3v) is 3.22. The maximum Gasteiger partial charge on any atom is 0.356 e. The number of methoxy groups -OCH3 is 1. The summed E-state index contributed by atoms with van der Waals surface area (Å²) >= 11 is 0. The van der Waals surface area contributed by atoms with Crippen molar-refractivity contribution >= 4 is 11.7 Å². The number of hydrogen-bond acceptors (Lipinski definition) is 4. The third-order valence-electron chi connectivity index (χ3n) is 3.22. The molecule has 0 aliphatic carbocycles. The van der Waals surface area contributed by atoms with Crippen molar-refractivity contribution in [3.05, 3.63) is 47.9 Å². The lowest BCUT2D eigenvalue weighted by molar-refractivity contribution is 0.0691. The summed E-state index contributed by atoms with van der Waals surface area (Å²) in [5, 5.41) is 9.06. The molecule has 0 spiro atoms. The molecule has 0 radical (unpaired) electrons. The van der Waals surface area contributed by atoms with E-state index in [9.17, 15) is 4.79 Å². The second-order valence-electron chi connectivity index (χ2n) is 4.64. The largest absolute Gasteiger partial charge is 0.496 e. The van der Waals surface area contributed by atoms with Gasteiger partial charge in [-0.05, 0) is 25.1 Å². The summed E-state index contributed by atoms with van der Waals surface area (Å²) in [7, 11) is 1.60. The van der Waals surface area contributed by atoms with Crippen molar-refractivity contribution in [2.45, 2.75) is 6.92 Å². The van der Waals surface area contributed by atoms with Crippen LogP contribution in [0.3, 0.4) is 0 Å². The number of carbonyl (C=O) groups is 1. The van der Waals surface area contributed by atoms with Crippen LogP contribution in [-0.4, -0.2) is 32.6 Å². The first-order valence-electron chi connectivity index (χ1n) is 6.32. The topological polar surface area (TPSA) is 76.7 Å². The number of carboxylic acid groups (broad SMARTS) is 1. The number of aryl methyl sites for hydroxylation is 1. The van der Waals surface area contributed by atoms with Gasteiger partial charge in [-0.15, -0.1) is 0 Å². The maximum atomic E-state index is 11.1. The van der Waals surface area contributed by atoms with E-state index in [4.69, 9.17) is 9.84 Å². The minimum absolute atomic E-state index is 0.0402. The summed E-state index contributed by atoms with van der Waals surface area (Å²) in [6, 6.07) is 7.62. The lowest BCUT2D eigenvalue weighted by Crippen LogP contribution is -1.96. The number of ether oxygens (including phenoxy) is 1. The molecule has 1 N–H and O–H groups in total. The first kappa shape index (κ1) is 13.1. The maximum absolute atomic E-state index is 11.1. The van der Waals surface area contributed by atoms with Gasteiger partial charge in [-0.25, -0.2) is 14.8 Å². The molecule has 6 nitrogen and oxygen atoms in total. The Morgan fingerprint density at radius 2 is 2.14 bits per heavy atom. The summed E-state index contributed by atoms with van der Waals surface area (Å²) in [5.41, 5.74) is 2.68. The Morgan fingerprint density at radius 3 is 2.86 bits per heavy atom. The second-order valence-corrected chi connectivity index (χ2v) is 4.64. The Kier molecular flexibility index (Phi) is 3.06. The third kappa shape index (κ3) is 2.20. The van der Waals surface area contributed by atoms with Crippen LogP contribution in [0.4, 0.5) is 0 Å². The molecule has 3 aromatic rings. The monoisotopic (exact) mass is 283 g/mol. The summed E-state index contributed by atoms with van der Waals surface area (Å²) in [6.45, 7) is 1.98. The van der Waals surface area contributed by atoms with E-state index in [2.05, 4.69) is 9.97 Å². The molecule has 0 amide bonds. The van der Waals surface area contributed by atoms with E-state index in [0.29, 0.717) is 11.5 Å². The number of carboxylic acids is 1. The molecule has 0 aliphatic rings. The average molecular weight is 283 g/mol. The molecular formula is C15H13N3O3. The fourth-order valence-corrected chi connectivity index (χ4v) is 2.24. The number of hydrogen-bond donors (Lipinski definition) is 1. The highest BCUT2D eigenvalue weighted by atomic mass is 16.5. The number of benzene rings is 1. The van der Waals surface area contributed by atoms with Crippen LogP contribution in [-0.2, 0) is 0 Å². The number of fused-ring (bicyclic) bond motifs is 1. The number of imidazole rings is 1. The molecule has 6 heteroatoms. The molecule has 3 rings (SSSR count). The molecule has 1 aromatic carbocycles. The summed E-state index contributed by atoms with van der Waals surface area (Å²) in [6.07, 6.45) is 3.06. The highest BCUT2D eigenvalue weighted by Crippen LogP contribution is 2.30. The number of aromatic carboxylic acids is 1. The van der Waals surface area contributed by atoms with E-state index < -0.39 is 5.97 Å². The minimum Gasteiger partial charge on any atom is -0.496 e. The number of rotatable bonds is 3. The van der Waals surface area contributed by atoms with Gasteiger partial charge in [0.25, 0.3) is 0 Å². The highest BCUT2D eigenvalue weighted by molar-refractivity contribution is 5.86. The summed E-state index contributed by atoms with van der Waals surface area (Å²) in [4.78, 5) is 19.2. The van der Waals surface area contributed by atoms with Gasteiger partial charge in [0, 0.05) is 18.0 Å². The molecule has 0 aliphatic heterocycles. The van der Waals surface area contributed by atoms with Crippen molar-refractivity contribution in [2.24, 2.45) is 0 Å². The molecule has 21 heavy (non-hydrogen) atoms. The lowest BCUT2D eigenvalue weighted by Gasteiger charge is -2.11. The second kappa shape index (κ2) is 4.90. The van der Waals surface area contributed by atoms with E-state index in [-0.39, 0.29) is 5.69 Å². The molecule has 2 aromatic heterocycles. The molecular weight excluding hydrogens is 270 g/mol. The zero-order chi connectivity index (χ0) is 15.0. The Morgan fingerprint density at radius 1 is 1.33 bits per heavy atom. The minimum atomic E-state index is -1.08. The van der Waals surface area contributed by atoms with Crippen LogP contribution >= 0.6 is 0 Å². The predicted molar refractivity (Wildman–Crippen MR) is 76.7 cm³/mol. The zero-order valence-corrected chi connectivity index (χ0v) is 11.6. The Balaban J connectivity index is 2.30. The van der Waals surface area contributed by atoms with Gasteiger partial charge in [-0.2, -0.15) is 0 Å². The predicted octanol–water partition coefficient (Wildman–Crippen LogP) is 2.41. The fraction of sp³-hybridized carbons (Fsp3) is 0.133. The first-order valence-corrected chi connectivity index (χ1v) is 6.32. The van der Waals surface area contributed by atoms with Crippen LogP contribution < -0.4 is 4.74 Å². The standard InChI is InChI=1S/C15H13N3O3/c1-9-3-4-13(21-2)10(7-9)12-5-6-16-15-17-11(14(19)20)8-18(12)15/h3-8H,1-2H3,(H,19,20). The SMILES string of the molecule is COc1ccc(C)cc1-c1ccnc2nc(C(=O)O)cn12. The number of nitrogens with zero attached hydrogens (tertiary/aromatic N) is 3. The van der Waals surface area contributed by atoms with Crippen molar-refractivity contribution in [1.29, 1.82) is 0 Å². The lowest BCUT2D eigenvalue weighted by atomic mass is 10.1. The Labute approximate surface area is 120 Å². The van der Waals surface area contributed by atoms with E-state index in [1.165, 1.54) is 6.20 Å². The molecule has 0 saturated heterocycles. The Hall–Kier alpha value is -2.89. The molecule has 106 valence electrons. The first-order chi connectivity index (χ1) is 10.1. The van der Waals surface area contributed by atoms with Gasteiger partial charge in [0.1, 0.15) is 5.75 Å². The van der Waals surface area contributed by atoms with Crippen LogP contribution in [0.5, 0.6) is 5.75 Å². The van der Waals surface area contributed by atoms with Crippen molar-refractivity contribution in [3.63, 3.8) is 0 Å². The van der Waals surface area contributed by atoms with E-state index in [1.54, 1.807) is 23.8 Å². The molecule has 2 heterocycles. The van der Waals surface area contributed by atoms with Gasteiger partial charge < -0.3 is 9.84 Å². The van der Waals surface area contributed by atoms with Crippen LogP contribution in [0, 0.1) is 6.92 Å². The summed E-state index contributed by atoms with van der Waals surface area (Å²) < 4.78 is 7.04. The molecule has 0 atom stereocenters. The van der Waals surface area contributed by atoms with Crippen molar-refractivity contribution in [2.75, 3.05) is 7.11 Å². The van der Waals surface area contributed by atoms with E-state index in [1.807, 2.05) is 25.1 Å². The quantitative estimate of drug-likeness (QED) is 0.798.